The molecular weight excluding hydrogens is 312 g/mol. The predicted molar refractivity (Wildman–Crippen MR) is 99.5 cm³/mol. The van der Waals surface area contributed by atoms with Crippen molar-refractivity contribution >= 4 is 11.8 Å². The molecule has 25 heavy (non-hydrogen) atoms. The van der Waals surface area contributed by atoms with Crippen molar-refractivity contribution in [3.05, 3.63) is 47.0 Å². The molecule has 1 heterocycles. The Morgan fingerprint density at radius 2 is 2.08 bits per heavy atom. The molecule has 1 aliphatic heterocycles. The molecule has 0 spiro atoms. The second-order valence-electron chi connectivity index (χ2n) is 7.38. The molecule has 1 N–H and O–H groups in total. The van der Waals surface area contributed by atoms with Crippen LogP contribution in [0.1, 0.15) is 53.6 Å². The number of hydrogen-bond donors (Lipinski definition) is 1. The second kappa shape index (κ2) is 7.85. The topological polar surface area (TPSA) is 49.4 Å². The first-order valence-electron chi connectivity index (χ1n) is 9.36. The summed E-state index contributed by atoms with van der Waals surface area (Å²) in [7, 11) is 0. The third-order valence-electron chi connectivity index (χ3n) is 5.39. The van der Waals surface area contributed by atoms with Crippen molar-refractivity contribution in [2.45, 2.75) is 52.0 Å². The van der Waals surface area contributed by atoms with E-state index in [0.29, 0.717) is 18.9 Å². The molecule has 0 saturated carbocycles. The summed E-state index contributed by atoms with van der Waals surface area (Å²) in [6.07, 6.45) is 9.41. The van der Waals surface area contributed by atoms with Gasteiger partial charge in [-0.15, -0.1) is 0 Å². The number of rotatable bonds is 5. The van der Waals surface area contributed by atoms with Crippen LogP contribution in [0.4, 0.5) is 0 Å². The van der Waals surface area contributed by atoms with Crippen molar-refractivity contribution in [3.8, 4) is 0 Å². The van der Waals surface area contributed by atoms with Crippen LogP contribution in [0.3, 0.4) is 0 Å². The van der Waals surface area contributed by atoms with Crippen LogP contribution >= 0.6 is 0 Å². The first-order valence-corrected chi connectivity index (χ1v) is 9.36. The average Bonchev–Trinajstić information content (AvgIpc) is 2.57. The van der Waals surface area contributed by atoms with Gasteiger partial charge in [-0.1, -0.05) is 29.8 Å². The lowest BCUT2D eigenvalue weighted by atomic mass is 9.91. The van der Waals surface area contributed by atoms with Gasteiger partial charge in [0.2, 0.25) is 5.91 Å². The Kier molecular flexibility index (Phi) is 5.57. The molecule has 1 fully saturated rings. The van der Waals surface area contributed by atoms with Gasteiger partial charge < -0.3 is 10.2 Å². The number of carbonyl (C=O) groups is 2. The zero-order valence-electron chi connectivity index (χ0n) is 15.3. The maximum Gasteiger partial charge on any atom is 0.251 e. The van der Waals surface area contributed by atoms with Crippen molar-refractivity contribution in [2.24, 2.45) is 5.92 Å². The fraction of sp³-hybridized carbons (Fsp3) is 0.524. The van der Waals surface area contributed by atoms with Gasteiger partial charge in [-0.2, -0.15) is 0 Å². The van der Waals surface area contributed by atoms with Crippen molar-refractivity contribution in [1.82, 2.24) is 10.2 Å². The van der Waals surface area contributed by atoms with Crippen LogP contribution in [0.2, 0.25) is 0 Å². The zero-order valence-corrected chi connectivity index (χ0v) is 15.3. The van der Waals surface area contributed by atoms with Crippen molar-refractivity contribution in [2.75, 3.05) is 13.1 Å². The Hall–Kier alpha value is -2.10. The molecule has 4 nitrogen and oxygen atoms in total. The lowest BCUT2D eigenvalue weighted by Gasteiger charge is -2.41. The molecule has 134 valence electrons. The summed E-state index contributed by atoms with van der Waals surface area (Å²) in [6, 6.07) is 6.05. The average molecular weight is 340 g/mol. The summed E-state index contributed by atoms with van der Waals surface area (Å²) in [6.45, 7) is 5.30. The van der Waals surface area contributed by atoms with Crippen LogP contribution in [-0.4, -0.2) is 35.8 Å². The lowest BCUT2D eigenvalue weighted by Crippen LogP contribution is -2.56. The molecule has 0 aromatic heterocycles. The summed E-state index contributed by atoms with van der Waals surface area (Å²) in [5.74, 6) is 0.580. The number of nitrogens with one attached hydrogen (secondary N) is 1. The van der Waals surface area contributed by atoms with Gasteiger partial charge in [-0.05, 0) is 57.1 Å². The van der Waals surface area contributed by atoms with E-state index in [-0.39, 0.29) is 17.9 Å². The minimum absolute atomic E-state index is 0.0456. The molecule has 0 bridgehead atoms. The first kappa shape index (κ1) is 17.7. The van der Waals surface area contributed by atoms with Crippen molar-refractivity contribution < 1.29 is 9.59 Å². The molecule has 1 saturated heterocycles. The van der Waals surface area contributed by atoms with E-state index in [1.54, 1.807) is 0 Å². The molecule has 4 heteroatoms. The summed E-state index contributed by atoms with van der Waals surface area (Å²) in [5.41, 5.74) is 2.79. The van der Waals surface area contributed by atoms with Crippen LogP contribution in [0.15, 0.2) is 30.4 Å². The van der Waals surface area contributed by atoms with E-state index in [1.165, 1.54) is 6.42 Å². The summed E-state index contributed by atoms with van der Waals surface area (Å²) in [5, 5.41) is 3.01. The van der Waals surface area contributed by atoms with Gasteiger partial charge in [-0.3, -0.25) is 9.59 Å². The molecular formula is C21H28N2O2. The lowest BCUT2D eigenvalue weighted by molar-refractivity contribution is -0.139. The highest BCUT2D eigenvalue weighted by atomic mass is 16.2. The SMILES string of the molecule is Cc1ccc(C)c(C(=O)NCC2CCN2C(=O)CC2C=CCCC2)c1. The van der Waals surface area contributed by atoms with E-state index >= 15 is 0 Å². The van der Waals surface area contributed by atoms with Gasteiger partial charge in [0.1, 0.15) is 0 Å². The van der Waals surface area contributed by atoms with Gasteiger partial charge in [0.05, 0.1) is 6.04 Å². The van der Waals surface area contributed by atoms with Crippen LogP contribution in [0.25, 0.3) is 0 Å². The Morgan fingerprint density at radius 1 is 1.24 bits per heavy atom. The Morgan fingerprint density at radius 3 is 2.76 bits per heavy atom. The van der Waals surface area contributed by atoms with Crippen molar-refractivity contribution in [3.63, 3.8) is 0 Å². The monoisotopic (exact) mass is 340 g/mol. The van der Waals surface area contributed by atoms with Crippen LogP contribution in [0, 0.1) is 19.8 Å². The van der Waals surface area contributed by atoms with Crippen LogP contribution in [0.5, 0.6) is 0 Å². The van der Waals surface area contributed by atoms with E-state index in [9.17, 15) is 9.59 Å². The fourth-order valence-corrected chi connectivity index (χ4v) is 3.66. The number of allylic oxidation sites excluding steroid dienone is 2. The number of likely N-dealkylation sites (tertiary alicyclic amines) is 1. The minimum Gasteiger partial charge on any atom is -0.350 e. The Labute approximate surface area is 150 Å². The highest BCUT2D eigenvalue weighted by molar-refractivity contribution is 5.95. The third kappa shape index (κ3) is 4.30. The van der Waals surface area contributed by atoms with Gasteiger partial charge in [-0.25, -0.2) is 0 Å². The first-order chi connectivity index (χ1) is 12.0. The Bertz CT molecular complexity index is 680. The second-order valence-corrected chi connectivity index (χ2v) is 7.38. The predicted octanol–water partition coefficient (Wildman–Crippen LogP) is 3.38. The molecule has 1 aromatic carbocycles. The van der Waals surface area contributed by atoms with Gasteiger partial charge in [0.25, 0.3) is 5.91 Å². The summed E-state index contributed by atoms with van der Waals surface area (Å²) < 4.78 is 0. The highest BCUT2D eigenvalue weighted by Crippen LogP contribution is 2.24. The van der Waals surface area contributed by atoms with E-state index in [4.69, 9.17) is 0 Å². The van der Waals surface area contributed by atoms with Crippen LogP contribution < -0.4 is 5.32 Å². The molecule has 2 aliphatic rings. The molecule has 2 unspecified atom stereocenters. The number of nitrogens with zero attached hydrogens (tertiary/aromatic N) is 1. The quantitative estimate of drug-likeness (QED) is 0.836. The van der Waals surface area contributed by atoms with E-state index < -0.39 is 0 Å². The number of carbonyl (C=O) groups excluding carboxylic acids is 2. The van der Waals surface area contributed by atoms with E-state index in [0.717, 1.165) is 42.5 Å². The maximum atomic E-state index is 12.5. The van der Waals surface area contributed by atoms with Gasteiger partial charge in [0, 0.05) is 25.1 Å². The normalized spacial score (nSPS) is 22.4. The molecule has 1 aromatic rings. The number of hydrogen-bond acceptors (Lipinski definition) is 2. The Balaban J connectivity index is 1.50. The largest absolute Gasteiger partial charge is 0.350 e. The minimum atomic E-state index is -0.0456. The standard InChI is InChI=1S/C21H28N2O2/c1-15-8-9-16(2)19(12-15)21(25)22-14-18-10-11-23(18)20(24)13-17-6-4-3-5-7-17/h4,6,8-9,12,17-18H,3,5,7,10-11,13-14H2,1-2H3,(H,22,25). The van der Waals surface area contributed by atoms with E-state index in [1.807, 2.05) is 36.9 Å². The van der Waals surface area contributed by atoms with Gasteiger partial charge >= 0.3 is 0 Å². The molecule has 2 atom stereocenters. The fourth-order valence-electron chi connectivity index (χ4n) is 3.66. The number of benzene rings is 1. The van der Waals surface area contributed by atoms with Crippen molar-refractivity contribution in [1.29, 1.82) is 0 Å². The molecule has 1 aliphatic carbocycles. The van der Waals surface area contributed by atoms with Crippen LogP contribution in [-0.2, 0) is 4.79 Å². The van der Waals surface area contributed by atoms with E-state index in [2.05, 4.69) is 17.5 Å². The van der Waals surface area contributed by atoms with Gasteiger partial charge in [0.15, 0.2) is 0 Å². The molecule has 2 amide bonds. The zero-order chi connectivity index (χ0) is 17.8. The highest BCUT2D eigenvalue weighted by Gasteiger charge is 2.33. The number of amides is 2. The third-order valence-corrected chi connectivity index (χ3v) is 5.39. The summed E-state index contributed by atoms with van der Waals surface area (Å²) in [4.78, 5) is 26.9. The molecule has 0 radical (unpaired) electrons. The number of aryl methyl sites for hydroxylation is 2. The summed E-state index contributed by atoms with van der Waals surface area (Å²) >= 11 is 0. The maximum absolute atomic E-state index is 12.5. The smallest absolute Gasteiger partial charge is 0.251 e. The molecule has 3 rings (SSSR count).